The zero-order chi connectivity index (χ0) is 48.0. The van der Waals surface area contributed by atoms with Gasteiger partial charge in [-0.3, -0.25) is 4.79 Å². The van der Waals surface area contributed by atoms with Crippen molar-refractivity contribution in [2.24, 2.45) is 35.5 Å². The van der Waals surface area contributed by atoms with Crippen molar-refractivity contribution in [1.82, 2.24) is 0 Å². The third kappa shape index (κ3) is 16.0. The van der Waals surface area contributed by atoms with Crippen LogP contribution in [0.25, 0.3) is 0 Å². The van der Waals surface area contributed by atoms with Crippen LogP contribution in [0.4, 0.5) is 0 Å². The topological polar surface area (TPSA) is 65.0 Å². The molecule has 5 heteroatoms. The lowest BCUT2D eigenvalue weighted by Gasteiger charge is -2.50. The molecule has 1 N–H and O–H groups in total. The maximum Gasteiger partial charge on any atom is 0.215 e. The number of methoxy groups -OCH3 is 1. The number of allylic oxidation sites excluding steroid dienone is 2. The molecule has 1 aromatic carbocycles. The molecule has 0 aromatic heterocycles. The summed E-state index contributed by atoms with van der Waals surface area (Å²) in [7, 11) is 1.72. The van der Waals surface area contributed by atoms with Crippen LogP contribution < -0.4 is 4.74 Å². The van der Waals surface area contributed by atoms with Crippen molar-refractivity contribution in [3.8, 4) is 11.5 Å². The molecule has 0 spiro atoms. The highest BCUT2D eigenvalue weighted by Gasteiger charge is 2.52. The number of fused-ring (bicyclic) bond motifs is 2. The van der Waals surface area contributed by atoms with Gasteiger partial charge >= 0.3 is 0 Å². The van der Waals surface area contributed by atoms with Crippen molar-refractivity contribution in [3.63, 3.8) is 0 Å². The highest BCUT2D eigenvalue weighted by molar-refractivity contribution is 6.10. The van der Waals surface area contributed by atoms with Gasteiger partial charge in [0.2, 0.25) is 5.79 Å². The Labute approximate surface area is 396 Å². The molecule has 2 heterocycles. The van der Waals surface area contributed by atoms with Crippen molar-refractivity contribution >= 4 is 5.78 Å². The third-order valence-corrected chi connectivity index (χ3v) is 16.3. The van der Waals surface area contributed by atoms with Gasteiger partial charge in [0.1, 0.15) is 17.1 Å². The van der Waals surface area contributed by atoms with Gasteiger partial charge in [-0.1, -0.05) is 152 Å². The van der Waals surface area contributed by atoms with Crippen LogP contribution >= 0.6 is 0 Å². The molecule has 368 valence electrons. The first kappa shape index (κ1) is 56.2. The normalized spacial score (nSPS) is 24.3. The molecule has 5 nitrogen and oxygen atoms in total. The zero-order valence-electron chi connectivity index (χ0n) is 45.1. The molecule has 0 bridgehead atoms. The molecule has 0 radical (unpaired) electrons. The van der Waals surface area contributed by atoms with Crippen molar-refractivity contribution in [3.05, 3.63) is 44.5 Å². The average Bonchev–Trinajstić information content (AvgIpc) is 3.23. The van der Waals surface area contributed by atoms with Crippen molar-refractivity contribution in [1.29, 1.82) is 0 Å². The van der Waals surface area contributed by atoms with Gasteiger partial charge in [0.25, 0.3) is 0 Å². The summed E-state index contributed by atoms with van der Waals surface area (Å²) in [5.41, 5.74) is 7.56. The van der Waals surface area contributed by atoms with Crippen LogP contribution in [0.2, 0.25) is 0 Å². The van der Waals surface area contributed by atoms with Crippen LogP contribution in [0.1, 0.15) is 247 Å². The number of phenols is 1. The number of ketones is 1. The highest BCUT2D eigenvalue weighted by atomic mass is 16.7. The van der Waals surface area contributed by atoms with E-state index < -0.39 is 5.79 Å². The first-order chi connectivity index (χ1) is 30.0. The predicted molar refractivity (Wildman–Crippen MR) is 274 cm³/mol. The summed E-state index contributed by atoms with van der Waals surface area (Å²) in [4.78, 5) is 12.6. The summed E-state index contributed by atoms with van der Waals surface area (Å²) >= 11 is 0. The van der Waals surface area contributed by atoms with Crippen molar-refractivity contribution in [2.75, 3.05) is 7.11 Å². The van der Waals surface area contributed by atoms with Crippen molar-refractivity contribution < 1.29 is 24.1 Å². The lowest BCUT2D eigenvalue weighted by Crippen LogP contribution is -2.53. The van der Waals surface area contributed by atoms with Crippen LogP contribution in [0, 0.1) is 56.3 Å². The minimum Gasteiger partial charge on any atom is -0.507 e. The van der Waals surface area contributed by atoms with Crippen LogP contribution in [0.5, 0.6) is 11.5 Å². The molecule has 2 aliphatic heterocycles. The molecule has 0 amide bonds. The molecule has 4 rings (SSSR count). The van der Waals surface area contributed by atoms with Gasteiger partial charge in [-0.15, -0.1) is 0 Å². The van der Waals surface area contributed by atoms with E-state index in [1.165, 1.54) is 108 Å². The largest absolute Gasteiger partial charge is 0.507 e. The van der Waals surface area contributed by atoms with Gasteiger partial charge in [0.15, 0.2) is 5.78 Å². The van der Waals surface area contributed by atoms with Gasteiger partial charge in [0.05, 0.1) is 5.60 Å². The van der Waals surface area contributed by atoms with E-state index in [1.54, 1.807) is 7.11 Å². The fourth-order valence-corrected chi connectivity index (χ4v) is 11.2. The summed E-state index contributed by atoms with van der Waals surface area (Å²) in [5, 5.41) is 10.4. The fraction of sp³-hybridized carbons (Fsp3) is 0.814. The summed E-state index contributed by atoms with van der Waals surface area (Å²) in [5.74, 6) is 5.79. The van der Waals surface area contributed by atoms with E-state index >= 15 is 0 Å². The van der Waals surface area contributed by atoms with Gasteiger partial charge in [-0.05, 0) is 158 Å². The molecule has 1 aliphatic carbocycles. The minimum atomic E-state index is -0.855. The highest BCUT2D eigenvalue weighted by Crippen LogP contribution is 2.50. The Morgan fingerprint density at radius 1 is 0.562 bits per heavy atom. The standard InChI is InChI=1S/C30H52O3.C29H50O2/c1-21(2)13-10-14-22(3)15-11-16-23(4)17-12-19-29(8)20-18-27-25(6)28(31)24(5)26(7)30(27,32-9)33-29;1-20(2)12-9-13-21(3)14-10-15-22(4)16-11-18-29(8)19-17-26-25(7)27(30)23(5)24(6)28(26)31-29/h21-23H,10-20H2,1-9H3;20-22,30H,9-19H2,1-8H3/t22-,23-,29-,30?;21-,22-,29-/m11/s1. The summed E-state index contributed by atoms with van der Waals surface area (Å²) in [6.45, 7) is 35.5. The number of carbonyl (C=O) groups excluding carboxylic acids is 1. The van der Waals surface area contributed by atoms with Gasteiger partial charge in [-0.25, -0.2) is 0 Å². The molecule has 0 saturated carbocycles. The fourth-order valence-electron chi connectivity index (χ4n) is 11.2. The molecule has 3 aliphatic rings. The average molecular weight is 891 g/mol. The molecule has 1 aromatic rings. The number of ether oxygens (including phenoxy) is 3. The lowest BCUT2D eigenvalue weighted by atomic mass is 9.75. The van der Waals surface area contributed by atoms with Gasteiger partial charge in [0, 0.05) is 29.4 Å². The van der Waals surface area contributed by atoms with E-state index in [-0.39, 0.29) is 17.0 Å². The van der Waals surface area contributed by atoms with Crippen LogP contribution in [0.3, 0.4) is 0 Å². The number of benzene rings is 1. The summed E-state index contributed by atoms with van der Waals surface area (Å²) in [6.07, 6.45) is 27.6. The molecule has 1 unspecified atom stereocenters. The minimum absolute atomic E-state index is 0.0712. The maximum absolute atomic E-state index is 12.6. The number of carbonyl (C=O) groups is 1. The Morgan fingerprint density at radius 2 is 0.984 bits per heavy atom. The maximum atomic E-state index is 12.6. The van der Waals surface area contributed by atoms with E-state index in [9.17, 15) is 9.90 Å². The Kier molecular flexibility index (Phi) is 22.7. The second-order valence-corrected chi connectivity index (χ2v) is 23.4. The number of aromatic hydroxyl groups is 1. The van der Waals surface area contributed by atoms with Gasteiger partial charge < -0.3 is 19.3 Å². The van der Waals surface area contributed by atoms with Gasteiger partial charge in [-0.2, -0.15) is 0 Å². The van der Waals surface area contributed by atoms with Crippen LogP contribution in [0.15, 0.2) is 22.3 Å². The quantitative estimate of drug-likeness (QED) is 0.106. The second-order valence-electron chi connectivity index (χ2n) is 23.4. The van der Waals surface area contributed by atoms with E-state index in [1.807, 2.05) is 34.6 Å². The summed E-state index contributed by atoms with van der Waals surface area (Å²) < 4.78 is 19.4. The predicted octanol–water partition coefficient (Wildman–Crippen LogP) is 17.4. The monoisotopic (exact) mass is 891 g/mol. The first-order valence-corrected chi connectivity index (χ1v) is 26.7. The van der Waals surface area contributed by atoms with Crippen LogP contribution in [-0.2, 0) is 20.7 Å². The first-order valence-electron chi connectivity index (χ1n) is 26.7. The number of hydrogen-bond donors (Lipinski definition) is 1. The van der Waals surface area contributed by atoms with E-state index in [0.29, 0.717) is 5.75 Å². The Hall–Kier alpha value is -2.11. The summed E-state index contributed by atoms with van der Waals surface area (Å²) in [6, 6.07) is 0. The second kappa shape index (κ2) is 25.9. The molecular weight excluding hydrogens is 789 g/mol. The Morgan fingerprint density at radius 3 is 1.44 bits per heavy atom. The van der Waals surface area contributed by atoms with Crippen LogP contribution in [-0.4, -0.2) is 35.0 Å². The number of Topliss-reactive ketones (excluding diaryl/α,β-unsaturated/α-hetero) is 1. The van der Waals surface area contributed by atoms with E-state index in [0.717, 1.165) is 119 Å². The molecule has 1 fully saturated rings. The third-order valence-electron chi connectivity index (χ3n) is 16.3. The Balaban J connectivity index is 0.000000341. The molecular formula is C59H102O5. The van der Waals surface area contributed by atoms with Crippen molar-refractivity contribution in [2.45, 2.75) is 269 Å². The molecule has 7 atom stereocenters. The molecule has 64 heavy (non-hydrogen) atoms. The smallest absolute Gasteiger partial charge is 0.215 e. The number of rotatable bonds is 25. The Bertz CT molecular complexity index is 1680. The van der Waals surface area contributed by atoms with E-state index in [4.69, 9.17) is 14.2 Å². The van der Waals surface area contributed by atoms with E-state index in [2.05, 4.69) is 76.2 Å². The number of hydrogen-bond acceptors (Lipinski definition) is 5. The SMILES string of the molecule is COC12O[C@](C)(CCC[C@H](C)CCC[C@H](C)CCCC(C)C)CCC1=C(C)C(=O)C(C)=C2C.Cc1c(C)c2c(c(C)c1O)CC[C@@](C)(CCC[C@H](C)CCC[C@H](C)CCCC(C)C)O2. The number of phenolic OH excluding ortho intramolecular Hbond substituents is 1. The zero-order valence-corrected chi connectivity index (χ0v) is 45.1. The lowest BCUT2D eigenvalue weighted by molar-refractivity contribution is -0.253. The molecule has 1 saturated heterocycles.